The van der Waals surface area contributed by atoms with Crippen molar-refractivity contribution in [1.82, 2.24) is 10.5 Å². The number of hydrogen-bond donors (Lipinski definition) is 2. The molecule has 3 rings (SSSR count). The summed E-state index contributed by atoms with van der Waals surface area (Å²) < 4.78 is 4.71. The summed E-state index contributed by atoms with van der Waals surface area (Å²) in [5.41, 5.74) is 2.82. The van der Waals surface area contributed by atoms with Crippen molar-refractivity contribution in [2.75, 3.05) is 11.9 Å². The first-order valence-corrected chi connectivity index (χ1v) is 5.84. The fraction of sp³-hybridized carbons (Fsp3) is 0.231. The summed E-state index contributed by atoms with van der Waals surface area (Å²) in [6.07, 6.45) is 1.49. The number of benzene rings is 1. The van der Waals surface area contributed by atoms with Gasteiger partial charge in [0.25, 0.3) is 0 Å². The summed E-state index contributed by atoms with van der Waals surface area (Å²) in [5.74, 6) is -0.122. The van der Waals surface area contributed by atoms with Gasteiger partial charge in [-0.3, -0.25) is 4.79 Å². The molecule has 1 amide bonds. The molecule has 0 radical (unpaired) electrons. The van der Waals surface area contributed by atoms with E-state index in [1.807, 2.05) is 24.3 Å². The second-order valence-electron chi connectivity index (χ2n) is 4.23. The van der Waals surface area contributed by atoms with Gasteiger partial charge in [0.2, 0.25) is 5.91 Å². The molecule has 0 spiro atoms. The molecular formula is C13H13N3O2. The van der Waals surface area contributed by atoms with E-state index in [9.17, 15) is 4.79 Å². The summed E-state index contributed by atoms with van der Waals surface area (Å²) in [6, 6.07) is 9.61. The molecule has 92 valence electrons. The Morgan fingerprint density at radius 3 is 3.17 bits per heavy atom. The van der Waals surface area contributed by atoms with Crippen LogP contribution in [-0.2, 0) is 11.3 Å². The largest absolute Gasteiger partial charge is 0.384 e. The average molecular weight is 243 g/mol. The molecule has 0 fully saturated rings. The van der Waals surface area contributed by atoms with Crippen LogP contribution in [0.2, 0.25) is 0 Å². The molecule has 5 heteroatoms. The maximum Gasteiger partial charge on any atom is 0.229 e. The minimum atomic E-state index is -0.131. The summed E-state index contributed by atoms with van der Waals surface area (Å²) in [4.78, 5) is 12.1. The van der Waals surface area contributed by atoms with Gasteiger partial charge < -0.3 is 15.2 Å². The van der Waals surface area contributed by atoms with Gasteiger partial charge in [-0.05, 0) is 11.6 Å². The zero-order valence-corrected chi connectivity index (χ0v) is 9.72. The molecule has 5 nitrogen and oxygen atoms in total. The maximum atomic E-state index is 12.1. The van der Waals surface area contributed by atoms with Gasteiger partial charge in [0, 0.05) is 18.3 Å². The second-order valence-corrected chi connectivity index (χ2v) is 4.23. The first kappa shape index (κ1) is 10.8. The molecule has 1 aromatic carbocycles. The van der Waals surface area contributed by atoms with Crippen molar-refractivity contribution in [1.29, 1.82) is 0 Å². The molecule has 0 saturated carbocycles. The molecule has 18 heavy (non-hydrogen) atoms. The van der Waals surface area contributed by atoms with Gasteiger partial charge in [-0.15, -0.1) is 0 Å². The second kappa shape index (κ2) is 4.52. The third-order valence-corrected chi connectivity index (χ3v) is 3.08. The van der Waals surface area contributed by atoms with Crippen LogP contribution in [0.15, 0.2) is 41.1 Å². The Kier molecular flexibility index (Phi) is 2.72. The van der Waals surface area contributed by atoms with Crippen LogP contribution >= 0.6 is 0 Å². The predicted octanol–water partition coefficient (Wildman–Crippen LogP) is 1.50. The Bertz CT molecular complexity index is 551. The number of amides is 1. The van der Waals surface area contributed by atoms with E-state index in [4.69, 9.17) is 4.52 Å². The normalized spacial score (nSPS) is 17.0. The van der Waals surface area contributed by atoms with Gasteiger partial charge >= 0.3 is 0 Å². The maximum absolute atomic E-state index is 12.1. The molecule has 0 saturated heterocycles. The zero-order valence-electron chi connectivity index (χ0n) is 9.72. The van der Waals surface area contributed by atoms with Crippen molar-refractivity contribution in [2.45, 2.75) is 12.5 Å². The average Bonchev–Trinajstić information content (AvgIpc) is 3.05. The minimum Gasteiger partial charge on any atom is -0.384 e. The van der Waals surface area contributed by atoms with Crippen molar-refractivity contribution in [3.63, 3.8) is 0 Å². The van der Waals surface area contributed by atoms with Crippen LogP contribution in [0.1, 0.15) is 17.2 Å². The monoisotopic (exact) mass is 243 g/mol. The van der Waals surface area contributed by atoms with Gasteiger partial charge in [0.05, 0.1) is 12.5 Å². The lowest BCUT2D eigenvalue weighted by Gasteiger charge is -2.09. The number of para-hydroxylation sites is 1. The van der Waals surface area contributed by atoms with Gasteiger partial charge in [-0.2, -0.15) is 0 Å². The van der Waals surface area contributed by atoms with Gasteiger partial charge in [-0.1, -0.05) is 23.4 Å². The summed E-state index contributed by atoms with van der Waals surface area (Å²) in [5, 5.41) is 9.85. The number of fused-ring (bicyclic) bond motifs is 1. The molecule has 1 aliphatic heterocycles. The minimum absolute atomic E-state index is 0.00968. The van der Waals surface area contributed by atoms with E-state index in [2.05, 4.69) is 15.8 Å². The lowest BCUT2D eigenvalue weighted by Crippen LogP contribution is -2.30. The van der Waals surface area contributed by atoms with Crippen LogP contribution in [0.25, 0.3) is 0 Å². The zero-order chi connectivity index (χ0) is 12.4. The van der Waals surface area contributed by atoms with Crippen LogP contribution in [0, 0.1) is 0 Å². The van der Waals surface area contributed by atoms with E-state index in [0.29, 0.717) is 13.1 Å². The Labute approximate surface area is 104 Å². The van der Waals surface area contributed by atoms with Crippen molar-refractivity contribution in [3.8, 4) is 0 Å². The predicted molar refractivity (Wildman–Crippen MR) is 66.0 cm³/mol. The topological polar surface area (TPSA) is 67.2 Å². The number of nitrogens with one attached hydrogen (secondary N) is 2. The number of aromatic nitrogens is 1. The fourth-order valence-electron chi connectivity index (χ4n) is 2.15. The molecule has 2 aromatic rings. The third-order valence-electron chi connectivity index (χ3n) is 3.08. The number of carbonyl (C=O) groups excluding carboxylic acids is 1. The highest BCUT2D eigenvalue weighted by atomic mass is 16.5. The lowest BCUT2D eigenvalue weighted by atomic mass is 10.0. The molecule has 1 aromatic heterocycles. The lowest BCUT2D eigenvalue weighted by molar-refractivity contribution is -0.122. The van der Waals surface area contributed by atoms with Crippen molar-refractivity contribution in [3.05, 3.63) is 47.9 Å². The highest BCUT2D eigenvalue weighted by Gasteiger charge is 2.27. The van der Waals surface area contributed by atoms with Gasteiger partial charge in [-0.25, -0.2) is 0 Å². The summed E-state index contributed by atoms with van der Waals surface area (Å²) >= 11 is 0. The van der Waals surface area contributed by atoms with Crippen molar-refractivity contribution in [2.24, 2.45) is 0 Å². The summed E-state index contributed by atoms with van der Waals surface area (Å²) in [7, 11) is 0. The molecule has 1 aliphatic rings. The SMILES string of the molecule is O=C(NCc1ccon1)C1CNc2ccccc21. The highest BCUT2D eigenvalue weighted by Crippen LogP contribution is 2.30. The third kappa shape index (κ3) is 1.95. The summed E-state index contributed by atoms with van der Waals surface area (Å²) in [6.45, 7) is 1.04. The Hall–Kier alpha value is -2.30. The first-order valence-electron chi connectivity index (χ1n) is 5.84. The fourth-order valence-corrected chi connectivity index (χ4v) is 2.15. The number of carbonyl (C=O) groups is 1. The molecule has 0 aliphatic carbocycles. The quantitative estimate of drug-likeness (QED) is 0.857. The number of anilines is 1. The molecule has 1 atom stereocenters. The van der Waals surface area contributed by atoms with Crippen LogP contribution in [-0.4, -0.2) is 17.6 Å². The number of rotatable bonds is 3. The van der Waals surface area contributed by atoms with Crippen LogP contribution in [0.5, 0.6) is 0 Å². The van der Waals surface area contributed by atoms with Crippen molar-refractivity contribution >= 4 is 11.6 Å². The molecule has 2 N–H and O–H groups in total. The van der Waals surface area contributed by atoms with Gasteiger partial charge in [0.1, 0.15) is 12.0 Å². The Morgan fingerprint density at radius 1 is 1.44 bits per heavy atom. The molecule has 2 heterocycles. The number of hydrogen-bond acceptors (Lipinski definition) is 4. The van der Waals surface area contributed by atoms with Gasteiger partial charge in [0.15, 0.2) is 0 Å². The van der Waals surface area contributed by atoms with E-state index in [-0.39, 0.29) is 11.8 Å². The molecular weight excluding hydrogens is 230 g/mol. The van der Waals surface area contributed by atoms with Crippen molar-refractivity contribution < 1.29 is 9.32 Å². The van der Waals surface area contributed by atoms with Crippen LogP contribution in [0.3, 0.4) is 0 Å². The number of nitrogens with zero attached hydrogens (tertiary/aromatic N) is 1. The Morgan fingerprint density at radius 2 is 2.33 bits per heavy atom. The molecule has 0 bridgehead atoms. The smallest absolute Gasteiger partial charge is 0.229 e. The van der Waals surface area contributed by atoms with Crippen LogP contribution in [0.4, 0.5) is 5.69 Å². The van der Waals surface area contributed by atoms with E-state index >= 15 is 0 Å². The standard InChI is InChI=1S/C13H13N3O2/c17-13(15-7-9-5-6-18-16-9)11-8-14-12-4-2-1-3-10(11)12/h1-6,11,14H,7-8H2,(H,15,17). The van der Waals surface area contributed by atoms with E-state index in [1.165, 1.54) is 6.26 Å². The van der Waals surface area contributed by atoms with E-state index in [1.54, 1.807) is 6.07 Å². The Balaban J connectivity index is 1.67. The van der Waals surface area contributed by atoms with Crippen LogP contribution < -0.4 is 10.6 Å². The first-order chi connectivity index (χ1) is 8.84. The molecule has 1 unspecified atom stereocenters. The van der Waals surface area contributed by atoms with E-state index < -0.39 is 0 Å². The van der Waals surface area contributed by atoms with E-state index in [0.717, 1.165) is 16.9 Å². The highest BCUT2D eigenvalue weighted by molar-refractivity contribution is 5.88.